The molecular formula is C14H10F2O2. The van der Waals surface area contributed by atoms with Gasteiger partial charge in [0.25, 0.3) is 0 Å². The molecule has 92 valence electrons. The third-order valence-corrected chi connectivity index (χ3v) is 2.56. The summed E-state index contributed by atoms with van der Waals surface area (Å²) in [7, 11) is 1.27. The summed E-state index contributed by atoms with van der Waals surface area (Å²) in [4.78, 5) is 11.2. The van der Waals surface area contributed by atoms with E-state index in [0.29, 0.717) is 11.1 Å². The second-order valence-electron chi connectivity index (χ2n) is 3.67. The molecule has 0 saturated carbocycles. The van der Waals surface area contributed by atoms with E-state index in [2.05, 4.69) is 4.74 Å². The second-order valence-corrected chi connectivity index (χ2v) is 3.67. The SMILES string of the molecule is COC(=O)c1ccc(-c2c(F)cccc2F)cc1. The number of halogens is 2. The van der Waals surface area contributed by atoms with Crippen LogP contribution in [0.3, 0.4) is 0 Å². The van der Waals surface area contributed by atoms with Crippen molar-refractivity contribution in [1.29, 1.82) is 0 Å². The average Bonchev–Trinajstić information content (AvgIpc) is 2.38. The van der Waals surface area contributed by atoms with Gasteiger partial charge in [0.15, 0.2) is 0 Å². The third-order valence-electron chi connectivity index (χ3n) is 2.56. The van der Waals surface area contributed by atoms with Crippen molar-refractivity contribution in [3.63, 3.8) is 0 Å². The minimum atomic E-state index is -0.638. The van der Waals surface area contributed by atoms with Crippen molar-refractivity contribution in [2.75, 3.05) is 7.11 Å². The molecule has 0 radical (unpaired) electrons. The summed E-state index contributed by atoms with van der Waals surface area (Å²) >= 11 is 0. The lowest BCUT2D eigenvalue weighted by Crippen LogP contribution is -2.00. The van der Waals surface area contributed by atoms with Crippen LogP contribution < -0.4 is 0 Å². The predicted molar refractivity (Wildman–Crippen MR) is 63.1 cm³/mol. The van der Waals surface area contributed by atoms with Crippen LogP contribution in [0, 0.1) is 11.6 Å². The first-order valence-corrected chi connectivity index (χ1v) is 5.26. The normalized spacial score (nSPS) is 10.2. The number of esters is 1. The fourth-order valence-corrected chi connectivity index (χ4v) is 1.66. The number of hydrogen-bond donors (Lipinski definition) is 0. The molecule has 0 aliphatic heterocycles. The second kappa shape index (κ2) is 4.96. The van der Waals surface area contributed by atoms with Gasteiger partial charge in [0.2, 0.25) is 0 Å². The lowest BCUT2D eigenvalue weighted by Gasteiger charge is -2.06. The molecule has 0 aliphatic rings. The highest BCUT2D eigenvalue weighted by molar-refractivity contribution is 5.90. The van der Waals surface area contributed by atoms with Crippen LogP contribution in [0.4, 0.5) is 8.78 Å². The van der Waals surface area contributed by atoms with Gasteiger partial charge in [0.05, 0.1) is 18.2 Å². The Hall–Kier alpha value is -2.23. The number of carbonyl (C=O) groups excluding carboxylic acids is 1. The maximum atomic E-state index is 13.5. The Bertz CT molecular complexity index is 557. The molecule has 0 atom stereocenters. The van der Waals surface area contributed by atoms with Gasteiger partial charge in [-0.25, -0.2) is 13.6 Å². The van der Waals surface area contributed by atoms with Gasteiger partial charge < -0.3 is 4.74 Å². The van der Waals surface area contributed by atoms with Crippen LogP contribution >= 0.6 is 0 Å². The topological polar surface area (TPSA) is 26.3 Å². The monoisotopic (exact) mass is 248 g/mol. The lowest BCUT2D eigenvalue weighted by atomic mass is 10.0. The van der Waals surface area contributed by atoms with Gasteiger partial charge in [-0.15, -0.1) is 0 Å². The minimum Gasteiger partial charge on any atom is -0.465 e. The summed E-state index contributed by atoms with van der Waals surface area (Å²) in [5.74, 6) is -1.77. The van der Waals surface area contributed by atoms with E-state index in [9.17, 15) is 13.6 Å². The molecule has 0 unspecified atom stereocenters. The van der Waals surface area contributed by atoms with Gasteiger partial charge in [-0.1, -0.05) is 18.2 Å². The first-order valence-electron chi connectivity index (χ1n) is 5.26. The number of ether oxygens (including phenoxy) is 1. The third kappa shape index (κ3) is 2.22. The van der Waals surface area contributed by atoms with Crippen LogP contribution in [0.5, 0.6) is 0 Å². The van der Waals surface area contributed by atoms with E-state index >= 15 is 0 Å². The molecule has 0 aliphatic carbocycles. The molecule has 2 rings (SSSR count). The van der Waals surface area contributed by atoms with Crippen LogP contribution in [0.1, 0.15) is 10.4 Å². The Morgan fingerprint density at radius 1 is 1.00 bits per heavy atom. The lowest BCUT2D eigenvalue weighted by molar-refractivity contribution is 0.0601. The van der Waals surface area contributed by atoms with Gasteiger partial charge in [-0.3, -0.25) is 0 Å². The quantitative estimate of drug-likeness (QED) is 0.761. The zero-order chi connectivity index (χ0) is 13.1. The van der Waals surface area contributed by atoms with Crippen molar-refractivity contribution in [2.45, 2.75) is 0 Å². The summed E-state index contributed by atoms with van der Waals surface area (Å²) in [6, 6.07) is 9.57. The molecule has 0 spiro atoms. The van der Waals surface area contributed by atoms with Crippen LogP contribution in [0.25, 0.3) is 11.1 Å². The Balaban J connectivity index is 2.44. The van der Waals surface area contributed by atoms with Gasteiger partial charge in [-0.05, 0) is 29.8 Å². The summed E-state index contributed by atoms with van der Waals surface area (Å²) < 4.78 is 31.6. The molecular weight excluding hydrogens is 238 g/mol. The van der Waals surface area contributed by atoms with E-state index in [1.165, 1.54) is 49.6 Å². The predicted octanol–water partition coefficient (Wildman–Crippen LogP) is 3.42. The number of benzene rings is 2. The van der Waals surface area contributed by atoms with E-state index in [-0.39, 0.29) is 5.56 Å². The van der Waals surface area contributed by atoms with Crippen molar-refractivity contribution >= 4 is 5.97 Å². The van der Waals surface area contributed by atoms with Gasteiger partial charge >= 0.3 is 5.97 Å². The molecule has 4 heteroatoms. The summed E-state index contributed by atoms with van der Waals surface area (Å²) in [5, 5.41) is 0. The Kier molecular flexibility index (Phi) is 3.37. The molecule has 2 nitrogen and oxygen atoms in total. The summed E-state index contributed by atoms with van der Waals surface area (Å²) in [6.07, 6.45) is 0. The minimum absolute atomic E-state index is 0.103. The molecule has 0 saturated heterocycles. The molecule has 0 bridgehead atoms. The molecule has 2 aromatic rings. The van der Waals surface area contributed by atoms with E-state index in [0.717, 1.165) is 0 Å². The molecule has 0 heterocycles. The fraction of sp³-hybridized carbons (Fsp3) is 0.0714. The fourth-order valence-electron chi connectivity index (χ4n) is 1.66. The highest BCUT2D eigenvalue weighted by Gasteiger charge is 2.11. The maximum absolute atomic E-state index is 13.5. The first-order chi connectivity index (χ1) is 8.63. The Labute approximate surface area is 103 Å². The molecule has 0 aromatic heterocycles. The van der Waals surface area contributed by atoms with Crippen LogP contribution in [0.15, 0.2) is 42.5 Å². The van der Waals surface area contributed by atoms with E-state index < -0.39 is 17.6 Å². The maximum Gasteiger partial charge on any atom is 0.337 e. The summed E-state index contributed by atoms with van der Waals surface area (Å²) in [5.41, 5.74) is 0.602. The summed E-state index contributed by atoms with van der Waals surface area (Å²) in [6.45, 7) is 0. The zero-order valence-electron chi connectivity index (χ0n) is 9.61. The number of methoxy groups -OCH3 is 1. The average molecular weight is 248 g/mol. The van der Waals surface area contributed by atoms with Crippen LogP contribution in [-0.2, 0) is 4.74 Å². The standard InChI is InChI=1S/C14H10F2O2/c1-18-14(17)10-7-5-9(6-8-10)13-11(15)3-2-4-12(13)16/h2-8H,1H3. The highest BCUT2D eigenvalue weighted by Crippen LogP contribution is 2.26. The van der Waals surface area contributed by atoms with E-state index in [4.69, 9.17) is 0 Å². The zero-order valence-corrected chi connectivity index (χ0v) is 9.61. The molecule has 2 aromatic carbocycles. The van der Waals surface area contributed by atoms with Crippen molar-refractivity contribution in [3.8, 4) is 11.1 Å². The number of rotatable bonds is 2. The molecule has 0 fully saturated rings. The van der Waals surface area contributed by atoms with Crippen LogP contribution in [-0.4, -0.2) is 13.1 Å². The van der Waals surface area contributed by atoms with Crippen LogP contribution in [0.2, 0.25) is 0 Å². The van der Waals surface area contributed by atoms with Gasteiger partial charge in [0.1, 0.15) is 11.6 Å². The molecule has 0 N–H and O–H groups in total. The molecule has 0 amide bonds. The number of hydrogen-bond acceptors (Lipinski definition) is 2. The number of carbonyl (C=O) groups is 1. The Morgan fingerprint density at radius 2 is 1.56 bits per heavy atom. The van der Waals surface area contributed by atoms with Gasteiger partial charge in [-0.2, -0.15) is 0 Å². The van der Waals surface area contributed by atoms with Gasteiger partial charge in [0, 0.05) is 0 Å². The van der Waals surface area contributed by atoms with E-state index in [1.54, 1.807) is 0 Å². The first kappa shape index (κ1) is 12.2. The van der Waals surface area contributed by atoms with Crippen molar-refractivity contribution < 1.29 is 18.3 Å². The highest BCUT2D eigenvalue weighted by atomic mass is 19.1. The van der Waals surface area contributed by atoms with Crippen molar-refractivity contribution in [1.82, 2.24) is 0 Å². The van der Waals surface area contributed by atoms with Crippen molar-refractivity contribution in [3.05, 3.63) is 59.7 Å². The smallest absolute Gasteiger partial charge is 0.337 e. The van der Waals surface area contributed by atoms with Crippen molar-refractivity contribution in [2.24, 2.45) is 0 Å². The largest absolute Gasteiger partial charge is 0.465 e. The van der Waals surface area contributed by atoms with E-state index in [1.807, 2.05) is 0 Å². The molecule has 18 heavy (non-hydrogen) atoms. The Morgan fingerprint density at radius 3 is 2.06 bits per heavy atom.